The van der Waals surface area contributed by atoms with Gasteiger partial charge in [-0.25, -0.2) is 4.31 Å². The lowest BCUT2D eigenvalue weighted by Gasteiger charge is -2.33. The molecule has 0 aliphatic carbocycles. The van der Waals surface area contributed by atoms with Crippen molar-refractivity contribution in [1.29, 1.82) is 0 Å². The summed E-state index contributed by atoms with van der Waals surface area (Å²) in [6, 6.07) is 11.6. The Morgan fingerprint density at radius 1 is 1.06 bits per heavy atom. The van der Waals surface area contributed by atoms with Crippen LogP contribution in [0.5, 0.6) is 0 Å². The van der Waals surface area contributed by atoms with Gasteiger partial charge in [0.1, 0.15) is 12.6 Å². The second-order valence-electron chi connectivity index (χ2n) is 9.23. The smallest absolute Gasteiger partial charge is 0.304 e. The molecule has 2 aromatic rings. The molecule has 0 saturated carbocycles. The zero-order valence-corrected chi connectivity index (χ0v) is 23.7. The monoisotopic (exact) mass is 536 g/mol. The van der Waals surface area contributed by atoms with Crippen LogP contribution in [0.25, 0.3) is 0 Å². The summed E-state index contributed by atoms with van der Waals surface area (Å²) >= 11 is 6.15. The van der Waals surface area contributed by atoms with Crippen molar-refractivity contribution in [3.63, 3.8) is 0 Å². The fraction of sp³-hybridized carbons (Fsp3) is 0.462. The van der Waals surface area contributed by atoms with E-state index in [0.717, 1.165) is 26.2 Å². The molecule has 0 fully saturated rings. The van der Waals surface area contributed by atoms with Gasteiger partial charge >= 0.3 is 10.2 Å². The van der Waals surface area contributed by atoms with Gasteiger partial charge in [0.25, 0.3) is 0 Å². The molecule has 198 valence electrons. The van der Waals surface area contributed by atoms with Crippen molar-refractivity contribution in [2.75, 3.05) is 24.9 Å². The Kier molecular flexibility index (Phi) is 10.3. The topological polar surface area (TPSA) is 90.0 Å². The molecule has 2 aromatic carbocycles. The van der Waals surface area contributed by atoms with E-state index in [9.17, 15) is 18.0 Å². The maximum Gasteiger partial charge on any atom is 0.304 e. The second-order valence-corrected chi connectivity index (χ2v) is 11.7. The quantitative estimate of drug-likeness (QED) is 0.471. The summed E-state index contributed by atoms with van der Waals surface area (Å²) in [7, 11) is -1.17. The van der Waals surface area contributed by atoms with Crippen LogP contribution < -0.4 is 9.62 Å². The van der Waals surface area contributed by atoms with E-state index in [1.54, 1.807) is 38.1 Å². The molecule has 0 bridgehead atoms. The van der Waals surface area contributed by atoms with Crippen LogP contribution >= 0.6 is 11.6 Å². The largest absolute Gasteiger partial charge is 0.352 e. The Morgan fingerprint density at radius 3 is 2.31 bits per heavy atom. The van der Waals surface area contributed by atoms with Crippen molar-refractivity contribution in [1.82, 2.24) is 14.5 Å². The Bertz CT molecular complexity index is 1190. The Balaban J connectivity index is 2.51. The van der Waals surface area contributed by atoms with Gasteiger partial charge in [-0.2, -0.15) is 12.7 Å². The summed E-state index contributed by atoms with van der Waals surface area (Å²) in [5.74, 6) is -0.818. The third-order valence-electron chi connectivity index (χ3n) is 6.06. The number of carbonyl (C=O) groups is 2. The molecule has 2 atom stereocenters. The van der Waals surface area contributed by atoms with Gasteiger partial charge in [-0.05, 0) is 69.0 Å². The van der Waals surface area contributed by atoms with Crippen LogP contribution in [0.2, 0.25) is 5.02 Å². The van der Waals surface area contributed by atoms with Gasteiger partial charge in [0.05, 0.1) is 5.69 Å². The van der Waals surface area contributed by atoms with Crippen molar-refractivity contribution >= 4 is 39.3 Å². The molecule has 0 unspecified atom stereocenters. The minimum Gasteiger partial charge on any atom is -0.352 e. The van der Waals surface area contributed by atoms with Crippen molar-refractivity contribution in [2.24, 2.45) is 0 Å². The number of aryl methyl sites for hydroxylation is 2. The molecule has 0 spiro atoms. The molecule has 0 aliphatic heterocycles. The predicted octanol–water partition coefficient (Wildman–Crippen LogP) is 3.90. The van der Waals surface area contributed by atoms with Crippen molar-refractivity contribution in [2.45, 2.75) is 59.7 Å². The van der Waals surface area contributed by atoms with Gasteiger partial charge in [-0.3, -0.25) is 9.59 Å². The number of halogens is 1. The van der Waals surface area contributed by atoms with E-state index in [1.807, 2.05) is 39.0 Å². The molecule has 8 nitrogen and oxygen atoms in total. The predicted molar refractivity (Wildman–Crippen MR) is 145 cm³/mol. The molecule has 36 heavy (non-hydrogen) atoms. The van der Waals surface area contributed by atoms with Crippen LogP contribution in [0.3, 0.4) is 0 Å². The average Bonchev–Trinajstić information content (AvgIpc) is 2.81. The zero-order valence-electron chi connectivity index (χ0n) is 22.1. The van der Waals surface area contributed by atoms with Crippen molar-refractivity contribution in [3.8, 4) is 0 Å². The van der Waals surface area contributed by atoms with E-state index in [1.165, 1.54) is 19.0 Å². The number of hydrogen-bond donors (Lipinski definition) is 1. The minimum atomic E-state index is -4.01. The first-order valence-electron chi connectivity index (χ1n) is 11.9. The van der Waals surface area contributed by atoms with E-state index in [0.29, 0.717) is 16.3 Å². The van der Waals surface area contributed by atoms with Crippen LogP contribution in [0.15, 0.2) is 42.5 Å². The number of hydrogen-bond acceptors (Lipinski definition) is 4. The first kappa shape index (κ1) is 29.6. The molecule has 2 amide bonds. The van der Waals surface area contributed by atoms with Crippen LogP contribution in [0.1, 0.15) is 43.9 Å². The summed E-state index contributed by atoms with van der Waals surface area (Å²) in [6.07, 6.45) is 0.738. The van der Waals surface area contributed by atoms with E-state index >= 15 is 0 Å². The first-order valence-corrected chi connectivity index (χ1v) is 13.7. The zero-order chi connectivity index (χ0) is 27.2. The molecular weight excluding hydrogens is 500 g/mol. The molecule has 0 aromatic heterocycles. The molecule has 0 saturated heterocycles. The lowest BCUT2D eigenvalue weighted by atomic mass is 10.1. The molecule has 10 heteroatoms. The highest BCUT2D eigenvalue weighted by Crippen LogP contribution is 2.26. The Morgan fingerprint density at radius 2 is 1.72 bits per heavy atom. The van der Waals surface area contributed by atoms with Gasteiger partial charge in [0.2, 0.25) is 11.8 Å². The highest BCUT2D eigenvalue weighted by Gasteiger charge is 2.33. The standard InChI is InChI=1S/C26H37ClN4O4S/c1-8-20(4)28-26(33)21(5)30(16-22-10-9-11-23(27)15-22)25(32)17-31(36(34,35)29(6)7)24-14-18(2)12-13-19(24)3/h9-15,20-21H,8,16-17H2,1-7H3,(H,28,33)/t20-,21-/m1/s1. The number of carbonyl (C=O) groups excluding carboxylic acids is 2. The highest BCUT2D eigenvalue weighted by atomic mass is 35.5. The molecule has 0 heterocycles. The van der Waals surface area contributed by atoms with Gasteiger partial charge in [-0.1, -0.05) is 42.8 Å². The number of benzene rings is 2. The van der Waals surface area contributed by atoms with Crippen LogP contribution in [0.4, 0.5) is 5.69 Å². The third kappa shape index (κ3) is 7.44. The van der Waals surface area contributed by atoms with Gasteiger partial charge < -0.3 is 10.2 Å². The van der Waals surface area contributed by atoms with Crippen LogP contribution in [0, 0.1) is 13.8 Å². The maximum atomic E-state index is 13.8. The summed E-state index contributed by atoms with van der Waals surface area (Å²) in [4.78, 5) is 28.2. The maximum absolute atomic E-state index is 13.8. The molecular formula is C26H37ClN4O4S. The highest BCUT2D eigenvalue weighted by molar-refractivity contribution is 7.90. The lowest BCUT2D eigenvalue weighted by Crippen LogP contribution is -2.53. The summed E-state index contributed by atoms with van der Waals surface area (Å²) in [5.41, 5.74) is 2.71. The van der Waals surface area contributed by atoms with E-state index in [2.05, 4.69) is 5.32 Å². The number of nitrogens with zero attached hydrogens (tertiary/aromatic N) is 3. The third-order valence-corrected chi connectivity index (χ3v) is 8.10. The Labute approximate surface area is 220 Å². The van der Waals surface area contributed by atoms with E-state index in [-0.39, 0.29) is 18.5 Å². The molecule has 0 radical (unpaired) electrons. The first-order chi connectivity index (χ1) is 16.8. The fourth-order valence-electron chi connectivity index (χ4n) is 3.57. The number of amides is 2. The molecule has 0 aliphatic rings. The summed E-state index contributed by atoms with van der Waals surface area (Å²) in [6.45, 7) is 8.77. The van der Waals surface area contributed by atoms with Crippen molar-refractivity contribution in [3.05, 3.63) is 64.2 Å². The average molecular weight is 537 g/mol. The summed E-state index contributed by atoms with van der Waals surface area (Å²) in [5, 5.41) is 3.42. The summed E-state index contributed by atoms with van der Waals surface area (Å²) < 4.78 is 28.8. The number of rotatable bonds is 11. The minimum absolute atomic E-state index is 0.0661. The fourth-order valence-corrected chi connectivity index (χ4v) is 4.90. The van der Waals surface area contributed by atoms with E-state index in [4.69, 9.17) is 11.6 Å². The van der Waals surface area contributed by atoms with Crippen LogP contribution in [-0.2, 0) is 26.3 Å². The second kappa shape index (κ2) is 12.6. The number of anilines is 1. The van der Waals surface area contributed by atoms with Gasteiger partial charge in [-0.15, -0.1) is 0 Å². The number of nitrogens with one attached hydrogen (secondary N) is 1. The molecule has 1 N–H and O–H groups in total. The lowest BCUT2D eigenvalue weighted by molar-refractivity contribution is -0.139. The normalized spacial score (nSPS) is 13.2. The van der Waals surface area contributed by atoms with Crippen LogP contribution in [-0.4, -0.2) is 62.2 Å². The Hall–Kier alpha value is -2.62. The molecule has 2 rings (SSSR count). The van der Waals surface area contributed by atoms with Gasteiger partial charge in [0, 0.05) is 31.7 Å². The van der Waals surface area contributed by atoms with Gasteiger partial charge in [0.15, 0.2) is 0 Å². The SMILES string of the molecule is CC[C@@H](C)NC(=O)[C@@H](C)N(Cc1cccc(Cl)c1)C(=O)CN(c1cc(C)ccc1C)S(=O)(=O)N(C)C. The van der Waals surface area contributed by atoms with Crippen molar-refractivity contribution < 1.29 is 18.0 Å². The van der Waals surface area contributed by atoms with E-state index < -0.39 is 28.7 Å².